The summed E-state index contributed by atoms with van der Waals surface area (Å²) in [7, 11) is 0. The van der Waals surface area contributed by atoms with Crippen LogP contribution in [0.4, 0.5) is 10.1 Å². The van der Waals surface area contributed by atoms with Crippen LogP contribution in [-0.4, -0.2) is 19.0 Å². The Labute approximate surface area is 116 Å². The number of benzene rings is 1. The number of anilines is 1. The molecule has 0 aromatic heterocycles. The molecule has 1 atom stereocenters. The van der Waals surface area contributed by atoms with Crippen molar-refractivity contribution in [2.24, 2.45) is 5.92 Å². The first-order valence-corrected chi connectivity index (χ1v) is 6.01. The monoisotopic (exact) mass is 292 g/mol. The standard InChI is InChI=1S/C12H14ClFN2O.ClH/c13-9-3-4-11(10(14)6-9)16-12(17)8-2-1-5-15-7-8;/h3-4,6,8,15H,1-2,5,7H2,(H,16,17);1H. The van der Waals surface area contributed by atoms with Gasteiger partial charge in [-0.25, -0.2) is 4.39 Å². The Kier molecular flexibility index (Phi) is 5.85. The molecule has 0 saturated carbocycles. The topological polar surface area (TPSA) is 41.1 Å². The van der Waals surface area contributed by atoms with Crippen molar-refractivity contribution in [3.8, 4) is 0 Å². The number of carbonyl (C=O) groups excluding carboxylic acids is 1. The van der Waals surface area contributed by atoms with Gasteiger partial charge in [0.1, 0.15) is 5.82 Å². The average molecular weight is 293 g/mol. The Morgan fingerprint density at radius 3 is 2.89 bits per heavy atom. The van der Waals surface area contributed by atoms with E-state index in [1.807, 2.05) is 0 Å². The minimum Gasteiger partial charge on any atom is -0.323 e. The highest BCUT2D eigenvalue weighted by molar-refractivity contribution is 6.30. The molecule has 0 spiro atoms. The van der Waals surface area contributed by atoms with E-state index in [-0.39, 0.29) is 29.9 Å². The van der Waals surface area contributed by atoms with Crippen molar-refractivity contribution in [1.29, 1.82) is 0 Å². The highest BCUT2D eigenvalue weighted by Crippen LogP contribution is 2.20. The Balaban J connectivity index is 0.00000162. The van der Waals surface area contributed by atoms with E-state index in [0.29, 0.717) is 11.6 Å². The second-order valence-electron chi connectivity index (χ2n) is 4.16. The summed E-state index contributed by atoms with van der Waals surface area (Å²) in [5.74, 6) is -0.730. The van der Waals surface area contributed by atoms with Gasteiger partial charge in [0, 0.05) is 11.6 Å². The molecule has 1 aliphatic rings. The lowest BCUT2D eigenvalue weighted by Gasteiger charge is -2.22. The number of hydrogen-bond donors (Lipinski definition) is 2. The molecule has 2 rings (SSSR count). The number of halogens is 3. The Morgan fingerprint density at radius 1 is 1.50 bits per heavy atom. The Bertz CT molecular complexity index is 423. The predicted octanol–water partition coefficient (Wildman–Crippen LogP) is 2.84. The van der Waals surface area contributed by atoms with Crippen LogP contribution in [-0.2, 0) is 4.79 Å². The fourth-order valence-corrected chi connectivity index (χ4v) is 2.06. The third kappa shape index (κ3) is 3.83. The van der Waals surface area contributed by atoms with Crippen molar-refractivity contribution in [2.75, 3.05) is 18.4 Å². The quantitative estimate of drug-likeness (QED) is 0.880. The summed E-state index contributed by atoms with van der Waals surface area (Å²) in [5.41, 5.74) is 0.185. The van der Waals surface area contributed by atoms with Crippen molar-refractivity contribution in [2.45, 2.75) is 12.8 Å². The number of rotatable bonds is 2. The van der Waals surface area contributed by atoms with Crippen molar-refractivity contribution in [3.05, 3.63) is 29.0 Å². The molecule has 0 bridgehead atoms. The lowest BCUT2D eigenvalue weighted by molar-refractivity contribution is -0.120. The number of piperidine rings is 1. The molecule has 1 amide bonds. The average Bonchev–Trinajstić information content (AvgIpc) is 2.34. The largest absolute Gasteiger partial charge is 0.323 e. The van der Waals surface area contributed by atoms with Crippen LogP contribution in [0.2, 0.25) is 5.02 Å². The summed E-state index contributed by atoms with van der Waals surface area (Å²) in [6.45, 7) is 1.60. The maximum Gasteiger partial charge on any atom is 0.228 e. The maximum absolute atomic E-state index is 13.5. The molecule has 1 aromatic carbocycles. The lowest BCUT2D eigenvalue weighted by atomic mass is 9.99. The van der Waals surface area contributed by atoms with E-state index in [4.69, 9.17) is 11.6 Å². The number of carbonyl (C=O) groups is 1. The van der Waals surface area contributed by atoms with Gasteiger partial charge in [-0.15, -0.1) is 12.4 Å². The van der Waals surface area contributed by atoms with E-state index >= 15 is 0 Å². The number of hydrogen-bond acceptors (Lipinski definition) is 2. The highest BCUT2D eigenvalue weighted by Gasteiger charge is 2.21. The van der Waals surface area contributed by atoms with Crippen molar-refractivity contribution in [1.82, 2.24) is 5.32 Å². The molecule has 1 aromatic rings. The molecule has 1 heterocycles. The minimum atomic E-state index is -0.505. The summed E-state index contributed by atoms with van der Waals surface area (Å²) >= 11 is 5.64. The maximum atomic E-state index is 13.5. The summed E-state index contributed by atoms with van der Waals surface area (Å²) in [6.07, 6.45) is 1.81. The molecule has 3 nitrogen and oxygen atoms in total. The van der Waals surface area contributed by atoms with Crippen molar-refractivity contribution < 1.29 is 9.18 Å². The molecule has 6 heteroatoms. The highest BCUT2D eigenvalue weighted by atomic mass is 35.5. The van der Waals surface area contributed by atoms with Gasteiger partial charge in [-0.1, -0.05) is 11.6 Å². The zero-order chi connectivity index (χ0) is 12.3. The van der Waals surface area contributed by atoms with Crippen LogP contribution in [0.25, 0.3) is 0 Å². The van der Waals surface area contributed by atoms with Crippen molar-refractivity contribution in [3.63, 3.8) is 0 Å². The first-order chi connectivity index (χ1) is 8.16. The van der Waals surface area contributed by atoms with Crippen LogP contribution in [0.5, 0.6) is 0 Å². The van der Waals surface area contributed by atoms with Crippen LogP contribution in [0, 0.1) is 11.7 Å². The Morgan fingerprint density at radius 2 is 2.28 bits per heavy atom. The second kappa shape index (κ2) is 6.92. The fourth-order valence-electron chi connectivity index (χ4n) is 1.90. The van der Waals surface area contributed by atoms with Crippen LogP contribution < -0.4 is 10.6 Å². The third-order valence-electron chi connectivity index (χ3n) is 2.86. The third-order valence-corrected chi connectivity index (χ3v) is 3.09. The molecule has 100 valence electrons. The van der Waals surface area contributed by atoms with Crippen LogP contribution in [0.1, 0.15) is 12.8 Å². The first-order valence-electron chi connectivity index (χ1n) is 5.63. The van der Waals surface area contributed by atoms with E-state index in [0.717, 1.165) is 19.4 Å². The van der Waals surface area contributed by atoms with Gasteiger partial charge in [-0.05, 0) is 37.6 Å². The molecule has 0 aliphatic carbocycles. The number of amides is 1. The zero-order valence-electron chi connectivity index (χ0n) is 9.71. The summed E-state index contributed by atoms with van der Waals surface area (Å²) in [5, 5.41) is 6.06. The summed E-state index contributed by atoms with van der Waals surface area (Å²) in [4.78, 5) is 11.9. The molecule has 2 N–H and O–H groups in total. The normalized spacial score (nSPS) is 18.9. The smallest absolute Gasteiger partial charge is 0.228 e. The predicted molar refractivity (Wildman–Crippen MR) is 72.9 cm³/mol. The van der Waals surface area contributed by atoms with Crippen molar-refractivity contribution >= 4 is 35.6 Å². The van der Waals surface area contributed by atoms with Crippen LogP contribution >= 0.6 is 24.0 Å². The molecule has 18 heavy (non-hydrogen) atoms. The molecule has 1 fully saturated rings. The molecule has 1 unspecified atom stereocenters. The van der Waals surface area contributed by atoms with Gasteiger partial charge in [0.25, 0.3) is 0 Å². The SMILES string of the molecule is Cl.O=C(Nc1ccc(Cl)cc1F)C1CCCNC1. The van der Waals surface area contributed by atoms with Gasteiger partial charge < -0.3 is 10.6 Å². The van der Waals surface area contributed by atoms with E-state index in [1.165, 1.54) is 12.1 Å². The van der Waals surface area contributed by atoms with Crippen LogP contribution in [0.15, 0.2) is 18.2 Å². The van der Waals surface area contributed by atoms with Gasteiger partial charge in [-0.3, -0.25) is 4.79 Å². The van der Waals surface area contributed by atoms with Gasteiger partial charge >= 0.3 is 0 Å². The zero-order valence-corrected chi connectivity index (χ0v) is 11.3. The van der Waals surface area contributed by atoms with Gasteiger partial charge in [-0.2, -0.15) is 0 Å². The minimum absolute atomic E-state index is 0. The molecule has 1 aliphatic heterocycles. The lowest BCUT2D eigenvalue weighted by Crippen LogP contribution is -2.37. The number of nitrogens with one attached hydrogen (secondary N) is 2. The first kappa shape index (κ1) is 15.2. The van der Waals surface area contributed by atoms with E-state index in [2.05, 4.69) is 10.6 Å². The molecular formula is C12H15Cl2FN2O. The molecule has 0 radical (unpaired) electrons. The van der Waals surface area contributed by atoms with Gasteiger partial charge in [0.2, 0.25) is 5.91 Å². The summed E-state index contributed by atoms with van der Waals surface area (Å²) in [6, 6.07) is 4.22. The second-order valence-corrected chi connectivity index (χ2v) is 4.59. The van der Waals surface area contributed by atoms with E-state index in [1.54, 1.807) is 6.07 Å². The van der Waals surface area contributed by atoms with E-state index in [9.17, 15) is 9.18 Å². The van der Waals surface area contributed by atoms with Gasteiger partial charge in [0.15, 0.2) is 0 Å². The fraction of sp³-hybridized carbons (Fsp3) is 0.417. The van der Waals surface area contributed by atoms with Gasteiger partial charge in [0.05, 0.1) is 11.6 Å². The molecular weight excluding hydrogens is 278 g/mol. The Hall–Kier alpha value is -0.840. The van der Waals surface area contributed by atoms with Crippen LogP contribution in [0.3, 0.4) is 0 Å². The molecule has 1 saturated heterocycles. The van der Waals surface area contributed by atoms with E-state index < -0.39 is 5.82 Å². The summed E-state index contributed by atoms with van der Waals surface area (Å²) < 4.78 is 13.5.